The van der Waals surface area contributed by atoms with E-state index < -0.39 is 5.97 Å². The Balaban J connectivity index is 2.20. The number of rotatable bonds is 1. The van der Waals surface area contributed by atoms with E-state index in [1.165, 1.54) is 7.11 Å². The van der Waals surface area contributed by atoms with Crippen LogP contribution in [0.4, 0.5) is 0 Å². The zero-order chi connectivity index (χ0) is 12.7. The predicted molar refractivity (Wildman–Crippen MR) is 64.4 cm³/mol. The van der Waals surface area contributed by atoms with Crippen LogP contribution >= 0.6 is 0 Å². The molecule has 0 saturated carbocycles. The van der Waals surface area contributed by atoms with Crippen LogP contribution in [0.1, 0.15) is 26.3 Å². The van der Waals surface area contributed by atoms with Crippen LogP contribution in [0.2, 0.25) is 0 Å². The van der Waals surface area contributed by atoms with Gasteiger partial charge >= 0.3 is 5.97 Å². The molecule has 1 aromatic heterocycles. The zero-order valence-electron chi connectivity index (χ0n) is 9.64. The van der Waals surface area contributed by atoms with Crippen molar-refractivity contribution in [2.45, 2.75) is 0 Å². The van der Waals surface area contributed by atoms with Gasteiger partial charge in [0.15, 0.2) is 5.78 Å². The fraction of sp³-hybridized carbons (Fsp3) is 0.0714. The van der Waals surface area contributed by atoms with E-state index in [9.17, 15) is 9.59 Å². The molecule has 0 aliphatic heterocycles. The molecule has 4 heteroatoms. The van der Waals surface area contributed by atoms with Crippen molar-refractivity contribution in [3.05, 3.63) is 53.2 Å². The first kappa shape index (κ1) is 10.7. The minimum atomic E-state index is -0.450. The minimum absolute atomic E-state index is 0.0983. The van der Waals surface area contributed by atoms with Crippen LogP contribution in [0.15, 0.2) is 36.5 Å². The number of aromatic nitrogens is 1. The average Bonchev–Trinajstić information content (AvgIpc) is 2.72. The molecule has 0 atom stereocenters. The van der Waals surface area contributed by atoms with Crippen molar-refractivity contribution in [2.24, 2.45) is 0 Å². The van der Waals surface area contributed by atoms with Gasteiger partial charge in [0.2, 0.25) is 0 Å². The topological polar surface area (TPSA) is 56.3 Å². The maximum atomic E-state index is 12.2. The Morgan fingerprint density at radius 1 is 1.17 bits per heavy atom. The molecule has 0 unspecified atom stereocenters. The number of fused-ring (bicyclic) bond motifs is 3. The van der Waals surface area contributed by atoms with E-state index in [2.05, 4.69) is 9.72 Å². The van der Waals surface area contributed by atoms with Gasteiger partial charge in [0.1, 0.15) is 0 Å². The fourth-order valence-corrected chi connectivity index (χ4v) is 2.13. The zero-order valence-corrected chi connectivity index (χ0v) is 9.64. The number of ketones is 1. The fourth-order valence-electron chi connectivity index (χ4n) is 2.13. The highest BCUT2D eigenvalue weighted by molar-refractivity contribution is 6.21. The molecule has 0 amide bonds. The molecule has 0 fully saturated rings. The maximum Gasteiger partial charge on any atom is 0.337 e. The number of hydrogen-bond acceptors (Lipinski definition) is 4. The summed E-state index contributed by atoms with van der Waals surface area (Å²) in [4.78, 5) is 27.8. The molecule has 0 saturated heterocycles. The monoisotopic (exact) mass is 239 g/mol. The molecule has 1 heterocycles. The number of carbonyl (C=O) groups is 2. The number of esters is 1. The molecule has 1 aromatic carbocycles. The van der Waals surface area contributed by atoms with Crippen LogP contribution in [0.25, 0.3) is 11.3 Å². The first-order chi connectivity index (χ1) is 8.72. The lowest BCUT2D eigenvalue weighted by Gasteiger charge is -2.02. The molecule has 0 radical (unpaired) electrons. The highest BCUT2D eigenvalue weighted by Gasteiger charge is 2.28. The minimum Gasteiger partial charge on any atom is -0.465 e. The van der Waals surface area contributed by atoms with Crippen molar-refractivity contribution in [1.29, 1.82) is 0 Å². The summed E-state index contributed by atoms with van der Waals surface area (Å²) in [5, 5.41) is 0. The lowest BCUT2D eigenvalue weighted by atomic mass is 10.1. The summed E-state index contributed by atoms with van der Waals surface area (Å²) >= 11 is 0. The van der Waals surface area contributed by atoms with Crippen LogP contribution < -0.4 is 0 Å². The van der Waals surface area contributed by atoms with Crippen LogP contribution in [-0.4, -0.2) is 23.8 Å². The van der Waals surface area contributed by atoms with Crippen molar-refractivity contribution in [3.63, 3.8) is 0 Å². The molecular weight excluding hydrogens is 230 g/mol. The Morgan fingerprint density at radius 3 is 2.78 bits per heavy atom. The molecule has 1 aliphatic carbocycles. The van der Waals surface area contributed by atoms with E-state index in [0.29, 0.717) is 22.4 Å². The van der Waals surface area contributed by atoms with E-state index in [-0.39, 0.29) is 5.78 Å². The molecule has 2 aromatic rings. The van der Waals surface area contributed by atoms with Crippen molar-refractivity contribution in [3.8, 4) is 11.3 Å². The van der Waals surface area contributed by atoms with Gasteiger partial charge in [-0.3, -0.25) is 9.78 Å². The van der Waals surface area contributed by atoms with Gasteiger partial charge in [0.25, 0.3) is 0 Å². The standard InChI is InChI=1S/C14H9NO3/c1-18-14(17)8-4-5-9-11(7-8)13(16)10-3-2-6-15-12(9)10/h2-7H,1H3. The van der Waals surface area contributed by atoms with Crippen LogP contribution in [0.3, 0.4) is 0 Å². The number of nitrogens with zero attached hydrogens (tertiary/aromatic N) is 1. The summed E-state index contributed by atoms with van der Waals surface area (Å²) in [6, 6.07) is 8.40. The molecule has 1 aliphatic rings. The summed E-state index contributed by atoms with van der Waals surface area (Å²) in [5.74, 6) is -0.548. The van der Waals surface area contributed by atoms with Crippen molar-refractivity contribution >= 4 is 11.8 Å². The Bertz CT molecular complexity index is 676. The molecule has 0 N–H and O–H groups in total. The Morgan fingerprint density at radius 2 is 2.00 bits per heavy atom. The molecular formula is C14H9NO3. The maximum absolute atomic E-state index is 12.2. The van der Waals surface area contributed by atoms with Gasteiger partial charge in [0, 0.05) is 22.9 Å². The summed E-state index contributed by atoms with van der Waals surface area (Å²) in [7, 11) is 1.31. The van der Waals surface area contributed by atoms with Crippen molar-refractivity contribution < 1.29 is 14.3 Å². The van der Waals surface area contributed by atoms with Crippen molar-refractivity contribution in [2.75, 3.05) is 7.11 Å². The average molecular weight is 239 g/mol. The molecule has 0 spiro atoms. The quantitative estimate of drug-likeness (QED) is 0.610. The highest BCUT2D eigenvalue weighted by Crippen LogP contribution is 2.35. The summed E-state index contributed by atoms with van der Waals surface area (Å²) in [5.41, 5.74) is 2.90. The lowest BCUT2D eigenvalue weighted by molar-refractivity contribution is 0.0601. The highest BCUT2D eigenvalue weighted by atomic mass is 16.5. The number of carbonyl (C=O) groups excluding carboxylic acids is 2. The second-order valence-corrected chi connectivity index (χ2v) is 3.98. The van der Waals surface area contributed by atoms with Gasteiger partial charge in [-0.05, 0) is 24.3 Å². The molecule has 18 heavy (non-hydrogen) atoms. The Labute approximate surface area is 103 Å². The smallest absolute Gasteiger partial charge is 0.337 e. The van der Waals surface area contributed by atoms with E-state index in [1.54, 1.807) is 36.5 Å². The van der Waals surface area contributed by atoms with Gasteiger partial charge in [-0.15, -0.1) is 0 Å². The van der Waals surface area contributed by atoms with Gasteiger partial charge in [-0.1, -0.05) is 6.07 Å². The Kier molecular flexibility index (Phi) is 2.23. The van der Waals surface area contributed by atoms with Gasteiger partial charge in [0.05, 0.1) is 18.4 Å². The van der Waals surface area contributed by atoms with E-state index >= 15 is 0 Å². The largest absolute Gasteiger partial charge is 0.465 e. The number of hydrogen-bond donors (Lipinski definition) is 0. The third-order valence-electron chi connectivity index (χ3n) is 2.99. The first-order valence-corrected chi connectivity index (χ1v) is 5.45. The van der Waals surface area contributed by atoms with Crippen LogP contribution in [0, 0.1) is 0 Å². The lowest BCUT2D eigenvalue weighted by Crippen LogP contribution is -2.03. The van der Waals surface area contributed by atoms with E-state index in [0.717, 1.165) is 5.56 Å². The normalized spacial score (nSPS) is 11.9. The SMILES string of the molecule is COC(=O)c1ccc2c(c1)C(=O)c1cccnc1-2. The summed E-state index contributed by atoms with van der Waals surface area (Å²) < 4.78 is 4.64. The van der Waals surface area contributed by atoms with E-state index in [4.69, 9.17) is 0 Å². The third kappa shape index (κ3) is 1.35. The third-order valence-corrected chi connectivity index (χ3v) is 2.99. The number of ether oxygens (including phenoxy) is 1. The number of methoxy groups -OCH3 is 1. The number of benzene rings is 1. The van der Waals surface area contributed by atoms with Gasteiger partial charge in [-0.2, -0.15) is 0 Å². The Hall–Kier alpha value is -2.49. The van der Waals surface area contributed by atoms with Gasteiger partial charge in [-0.25, -0.2) is 4.79 Å². The predicted octanol–water partition coefficient (Wildman–Crippen LogP) is 2.08. The number of pyridine rings is 1. The second-order valence-electron chi connectivity index (χ2n) is 3.98. The van der Waals surface area contributed by atoms with Gasteiger partial charge < -0.3 is 4.74 Å². The first-order valence-electron chi connectivity index (χ1n) is 5.45. The molecule has 3 rings (SSSR count). The summed E-state index contributed by atoms with van der Waals surface area (Å²) in [6.07, 6.45) is 1.65. The molecule has 0 bridgehead atoms. The second kappa shape index (κ2) is 3.77. The summed E-state index contributed by atoms with van der Waals surface area (Å²) in [6.45, 7) is 0. The van der Waals surface area contributed by atoms with E-state index in [1.807, 2.05) is 0 Å². The molecule has 88 valence electrons. The molecule has 4 nitrogen and oxygen atoms in total. The van der Waals surface area contributed by atoms with Crippen LogP contribution in [-0.2, 0) is 4.74 Å². The van der Waals surface area contributed by atoms with Crippen LogP contribution in [0.5, 0.6) is 0 Å². The van der Waals surface area contributed by atoms with Crippen molar-refractivity contribution in [1.82, 2.24) is 4.98 Å².